The molecule has 0 aliphatic heterocycles. The summed E-state index contributed by atoms with van der Waals surface area (Å²) in [6, 6.07) is 17.4. The van der Waals surface area contributed by atoms with E-state index in [1.54, 1.807) is 0 Å². The Hall–Kier alpha value is -4.68. The fraction of sp³-hybridized carbons (Fsp3) is 0.167. The number of ether oxygens (including phenoxy) is 1. The zero-order valence-corrected chi connectivity index (χ0v) is 18.6. The third-order valence-corrected chi connectivity index (χ3v) is 6.17. The number of carbonyl (C=O) groups is 2. The van der Waals surface area contributed by atoms with Crippen LogP contribution < -0.4 is 11.5 Å². The fourth-order valence-electron chi connectivity index (χ4n) is 4.44. The van der Waals surface area contributed by atoms with Crippen LogP contribution in [0.1, 0.15) is 28.5 Å². The van der Waals surface area contributed by atoms with Crippen molar-refractivity contribution < 1.29 is 29.3 Å². The SMILES string of the molecule is NC(N)(C(=O)O)C(C(=O)OCC1c2ccccc2-c2ccccc21)c1ccc([N+](=O)[O-])cc1[N+](=O)[O-]. The van der Waals surface area contributed by atoms with E-state index in [0.717, 1.165) is 34.4 Å². The quantitative estimate of drug-likeness (QED) is 0.181. The van der Waals surface area contributed by atoms with Crippen LogP contribution in [-0.2, 0) is 14.3 Å². The maximum absolute atomic E-state index is 13.3. The normalized spacial score (nSPS) is 13.4. The standard InChI is InChI=1S/C24H20N4O8/c25-24(26,23(30)31)21(18-10-9-13(27(32)33)11-20(18)28(34)35)22(29)36-12-19-16-7-3-1-5-14(16)15-6-2-4-8-17(15)19/h1-11,19,21H,12,25-26H2,(H,30,31). The van der Waals surface area contributed by atoms with Gasteiger partial charge < -0.3 is 21.3 Å². The Bertz CT molecular complexity index is 1360. The van der Waals surface area contributed by atoms with Crippen LogP contribution in [0.3, 0.4) is 0 Å². The molecule has 3 aromatic rings. The number of aliphatic carboxylic acids is 1. The average molecular weight is 492 g/mol. The van der Waals surface area contributed by atoms with Crippen molar-refractivity contribution in [1.82, 2.24) is 0 Å². The van der Waals surface area contributed by atoms with Crippen molar-refractivity contribution in [3.63, 3.8) is 0 Å². The predicted octanol–water partition coefficient (Wildman–Crippen LogP) is 2.64. The van der Waals surface area contributed by atoms with Crippen molar-refractivity contribution in [2.45, 2.75) is 17.5 Å². The van der Waals surface area contributed by atoms with Crippen LogP contribution >= 0.6 is 0 Å². The van der Waals surface area contributed by atoms with Gasteiger partial charge in [-0.25, -0.2) is 4.79 Å². The van der Waals surface area contributed by atoms with Gasteiger partial charge in [-0.2, -0.15) is 0 Å². The van der Waals surface area contributed by atoms with Crippen LogP contribution in [0.15, 0.2) is 66.7 Å². The van der Waals surface area contributed by atoms with Crippen LogP contribution in [0.25, 0.3) is 11.1 Å². The number of hydrogen-bond donors (Lipinski definition) is 3. The lowest BCUT2D eigenvalue weighted by Gasteiger charge is -2.28. The van der Waals surface area contributed by atoms with Crippen LogP contribution in [0.4, 0.5) is 11.4 Å². The molecular formula is C24H20N4O8. The maximum Gasteiger partial charge on any atom is 0.339 e. The summed E-state index contributed by atoms with van der Waals surface area (Å²) in [4.78, 5) is 46.0. The van der Waals surface area contributed by atoms with E-state index < -0.39 is 50.3 Å². The van der Waals surface area contributed by atoms with Crippen LogP contribution in [-0.4, -0.2) is 39.2 Å². The van der Waals surface area contributed by atoms with E-state index in [4.69, 9.17) is 16.2 Å². The Labute approximate surface area is 203 Å². The first kappa shape index (κ1) is 24.4. The zero-order chi connectivity index (χ0) is 26.2. The number of carboxylic acids is 1. The largest absolute Gasteiger partial charge is 0.479 e. The molecule has 1 aliphatic carbocycles. The fourth-order valence-corrected chi connectivity index (χ4v) is 4.44. The summed E-state index contributed by atoms with van der Waals surface area (Å²) in [6.07, 6.45) is 0. The smallest absolute Gasteiger partial charge is 0.339 e. The molecule has 1 aliphatic rings. The Morgan fingerprint density at radius 1 is 0.944 bits per heavy atom. The maximum atomic E-state index is 13.3. The number of hydrogen-bond acceptors (Lipinski definition) is 9. The van der Waals surface area contributed by atoms with Gasteiger partial charge in [0.25, 0.3) is 11.4 Å². The van der Waals surface area contributed by atoms with E-state index in [-0.39, 0.29) is 12.5 Å². The molecule has 0 amide bonds. The van der Waals surface area contributed by atoms with Crippen molar-refractivity contribution >= 4 is 23.3 Å². The minimum atomic E-state index is -2.82. The number of esters is 1. The first-order chi connectivity index (χ1) is 17.0. The zero-order valence-electron chi connectivity index (χ0n) is 18.6. The highest BCUT2D eigenvalue weighted by Gasteiger charge is 2.48. The molecule has 0 bridgehead atoms. The second-order valence-electron chi connectivity index (χ2n) is 8.29. The predicted molar refractivity (Wildman–Crippen MR) is 126 cm³/mol. The summed E-state index contributed by atoms with van der Waals surface area (Å²) in [5, 5.41) is 32.4. The topological polar surface area (TPSA) is 202 Å². The molecule has 5 N–H and O–H groups in total. The Morgan fingerprint density at radius 3 is 2.00 bits per heavy atom. The number of nitro groups is 2. The van der Waals surface area contributed by atoms with Gasteiger partial charge in [0.15, 0.2) is 5.66 Å². The summed E-state index contributed by atoms with van der Waals surface area (Å²) >= 11 is 0. The lowest BCUT2D eigenvalue weighted by Crippen LogP contribution is -2.62. The molecule has 12 nitrogen and oxygen atoms in total. The third-order valence-electron chi connectivity index (χ3n) is 6.17. The van der Waals surface area contributed by atoms with Gasteiger partial charge in [-0.3, -0.25) is 25.0 Å². The molecule has 0 fully saturated rings. The van der Waals surface area contributed by atoms with Crippen LogP contribution in [0, 0.1) is 20.2 Å². The summed E-state index contributed by atoms with van der Waals surface area (Å²) in [5.41, 5.74) is 10.3. The van der Waals surface area contributed by atoms with Gasteiger partial charge in [-0.15, -0.1) is 0 Å². The molecular weight excluding hydrogens is 472 g/mol. The molecule has 0 aromatic heterocycles. The van der Waals surface area contributed by atoms with Gasteiger partial charge >= 0.3 is 11.9 Å². The van der Waals surface area contributed by atoms with Crippen LogP contribution in [0.5, 0.6) is 0 Å². The van der Waals surface area contributed by atoms with Gasteiger partial charge in [0.2, 0.25) is 0 Å². The van der Waals surface area contributed by atoms with Gasteiger partial charge in [0.05, 0.1) is 15.9 Å². The molecule has 0 spiro atoms. The number of nitro benzene ring substituents is 2. The number of benzene rings is 3. The molecule has 3 aromatic carbocycles. The van der Waals surface area contributed by atoms with Gasteiger partial charge in [0, 0.05) is 17.5 Å². The minimum absolute atomic E-state index is 0.222. The highest BCUT2D eigenvalue weighted by Crippen LogP contribution is 2.45. The highest BCUT2D eigenvalue weighted by atomic mass is 16.6. The molecule has 0 saturated carbocycles. The second-order valence-corrected chi connectivity index (χ2v) is 8.29. The number of nitrogens with two attached hydrogens (primary N) is 2. The first-order valence-corrected chi connectivity index (χ1v) is 10.6. The Balaban J connectivity index is 1.72. The summed E-state index contributed by atoms with van der Waals surface area (Å²) < 4.78 is 5.49. The highest BCUT2D eigenvalue weighted by molar-refractivity contribution is 5.92. The average Bonchev–Trinajstić information content (AvgIpc) is 3.16. The monoisotopic (exact) mass is 492 g/mol. The van der Waals surface area contributed by atoms with Gasteiger partial charge in [-0.05, 0) is 28.3 Å². The summed E-state index contributed by atoms with van der Waals surface area (Å²) in [5.74, 6) is -5.47. The Morgan fingerprint density at radius 2 is 1.50 bits per heavy atom. The van der Waals surface area contributed by atoms with E-state index >= 15 is 0 Å². The van der Waals surface area contributed by atoms with E-state index in [2.05, 4.69) is 0 Å². The number of carbonyl (C=O) groups excluding carboxylic acids is 1. The van der Waals surface area contributed by atoms with E-state index in [1.165, 1.54) is 0 Å². The lowest BCUT2D eigenvalue weighted by atomic mass is 9.85. The Kier molecular flexibility index (Phi) is 6.23. The van der Waals surface area contributed by atoms with Gasteiger partial charge in [-0.1, -0.05) is 48.5 Å². The molecule has 0 saturated heterocycles. The molecule has 12 heteroatoms. The van der Waals surface area contributed by atoms with Crippen molar-refractivity contribution in [1.29, 1.82) is 0 Å². The third kappa shape index (κ3) is 4.15. The molecule has 36 heavy (non-hydrogen) atoms. The molecule has 1 unspecified atom stereocenters. The molecule has 0 radical (unpaired) electrons. The molecule has 184 valence electrons. The summed E-state index contributed by atoms with van der Waals surface area (Å²) in [7, 11) is 0. The second kappa shape index (κ2) is 9.17. The van der Waals surface area contributed by atoms with Crippen molar-refractivity contribution in [2.24, 2.45) is 11.5 Å². The number of carboxylic acid groups (broad SMARTS) is 1. The van der Waals surface area contributed by atoms with E-state index in [0.29, 0.717) is 6.07 Å². The first-order valence-electron chi connectivity index (χ1n) is 10.6. The van der Waals surface area contributed by atoms with E-state index in [9.17, 15) is 34.9 Å². The lowest BCUT2D eigenvalue weighted by molar-refractivity contribution is -0.394. The number of non-ortho nitro benzene ring substituents is 1. The minimum Gasteiger partial charge on any atom is -0.479 e. The number of rotatable bonds is 8. The molecule has 4 rings (SSSR count). The van der Waals surface area contributed by atoms with Crippen molar-refractivity contribution in [3.8, 4) is 11.1 Å². The summed E-state index contributed by atoms with van der Waals surface area (Å²) in [6.45, 7) is -0.222. The molecule has 1 atom stereocenters. The number of nitrogens with zero attached hydrogens (tertiary/aromatic N) is 2. The molecule has 0 heterocycles. The van der Waals surface area contributed by atoms with Gasteiger partial charge in [0.1, 0.15) is 12.5 Å². The van der Waals surface area contributed by atoms with Crippen molar-refractivity contribution in [3.05, 3.63) is 104 Å². The van der Waals surface area contributed by atoms with Crippen molar-refractivity contribution in [2.75, 3.05) is 6.61 Å². The van der Waals surface area contributed by atoms with Crippen LogP contribution in [0.2, 0.25) is 0 Å². The van der Waals surface area contributed by atoms with E-state index in [1.807, 2.05) is 48.5 Å². The number of fused-ring (bicyclic) bond motifs is 3.